The largest absolute Gasteiger partial charge is 0.506 e. The maximum atomic E-state index is 5.07. The maximum Gasteiger partial charge on any atom is 0.0835 e. The maximum absolute atomic E-state index is 5.07. The Hall–Kier alpha value is -0.283. The van der Waals surface area contributed by atoms with Crippen molar-refractivity contribution in [2.24, 2.45) is 0 Å². The second kappa shape index (κ2) is 5.85. The quantitative estimate of drug-likeness (QED) is 0.406. The van der Waals surface area contributed by atoms with Gasteiger partial charge in [-0.05, 0) is 12.5 Å². The molecule has 0 bridgehead atoms. The van der Waals surface area contributed by atoms with Crippen molar-refractivity contribution in [2.45, 2.75) is 6.92 Å². The van der Waals surface area contributed by atoms with E-state index in [-0.39, 0.29) is 0 Å². The van der Waals surface area contributed by atoms with Gasteiger partial charge in [0.25, 0.3) is 0 Å². The molecule has 54 valence electrons. The molecule has 0 atom stereocenters. The molecule has 0 spiro atoms. The number of rotatable bonds is 4. The predicted molar refractivity (Wildman–Crippen MR) is 41.5 cm³/mol. The van der Waals surface area contributed by atoms with E-state index in [1.165, 1.54) is 0 Å². The van der Waals surface area contributed by atoms with Crippen LogP contribution < -0.4 is 0 Å². The van der Waals surface area contributed by atoms with Crippen molar-refractivity contribution in [1.29, 1.82) is 0 Å². The van der Waals surface area contributed by atoms with E-state index in [4.69, 9.17) is 9.47 Å². The third-order valence-corrected chi connectivity index (χ3v) is 1.16. The first-order valence-electron chi connectivity index (χ1n) is 3.07. The molecule has 0 amide bonds. The molecular formula is C6H14O2Si. The van der Waals surface area contributed by atoms with E-state index in [1.807, 2.05) is 6.92 Å². The summed E-state index contributed by atoms with van der Waals surface area (Å²) in [7, 11) is 2.77. The molecule has 0 aliphatic carbocycles. The van der Waals surface area contributed by atoms with Crippen molar-refractivity contribution >= 4 is 10.2 Å². The molecule has 9 heavy (non-hydrogen) atoms. The van der Waals surface area contributed by atoms with E-state index in [1.54, 1.807) is 13.4 Å². The second-order valence-corrected chi connectivity index (χ2v) is 2.43. The van der Waals surface area contributed by atoms with Gasteiger partial charge in [-0.15, -0.1) is 0 Å². The van der Waals surface area contributed by atoms with E-state index >= 15 is 0 Å². The molecular weight excluding hydrogens is 132 g/mol. The Labute approximate surface area is 59.3 Å². The summed E-state index contributed by atoms with van der Waals surface area (Å²) in [6.07, 6.45) is 2.62. The Morgan fingerprint density at radius 1 is 1.67 bits per heavy atom. The lowest BCUT2D eigenvalue weighted by molar-refractivity contribution is 0.218. The molecule has 0 radical (unpaired) electrons. The summed E-state index contributed by atoms with van der Waals surface area (Å²) in [5, 5.41) is 0. The summed E-state index contributed by atoms with van der Waals surface area (Å²) in [5.41, 5.74) is 1.13. The van der Waals surface area contributed by atoms with E-state index in [2.05, 4.69) is 0 Å². The van der Waals surface area contributed by atoms with Crippen molar-refractivity contribution in [3.8, 4) is 0 Å². The Balaban J connectivity index is 3.30. The molecule has 0 aromatic heterocycles. The van der Waals surface area contributed by atoms with Crippen LogP contribution in [0.15, 0.2) is 11.8 Å². The highest BCUT2D eigenvalue weighted by Crippen LogP contribution is 1.91. The van der Waals surface area contributed by atoms with Crippen LogP contribution in [-0.2, 0) is 9.47 Å². The first kappa shape index (κ1) is 8.72. The Morgan fingerprint density at radius 3 is 2.78 bits per heavy atom. The van der Waals surface area contributed by atoms with E-state index in [0.29, 0.717) is 6.61 Å². The van der Waals surface area contributed by atoms with E-state index in [0.717, 1.165) is 22.0 Å². The van der Waals surface area contributed by atoms with Gasteiger partial charge < -0.3 is 9.47 Å². The number of hydrogen-bond acceptors (Lipinski definition) is 2. The molecule has 0 aliphatic heterocycles. The van der Waals surface area contributed by atoms with Crippen LogP contribution in [0.3, 0.4) is 0 Å². The average molecular weight is 146 g/mol. The number of hydrogen-bond donors (Lipinski definition) is 0. The Morgan fingerprint density at radius 2 is 2.33 bits per heavy atom. The van der Waals surface area contributed by atoms with Gasteiger partial charge in [0.2, 0.25) is 0 Å². The van der Waals surface area contributed by atoms with Gasteiger partial charge in [-0.3, -0.25) is 0 Å². The van der Waals surface area contributed by atoms with Crippen LogP contribution in [0, 0.1) is 0 Å². The molecule has 0 saturated heterocycles. The molecule has 0 heterocycles. The van der Waals surface area contributed by atoms with Gasteiger partial charge in [0.15, 0.2) is 0 Å². The molecule has 0 aromatic rings. The smallest absolute Gasteiger partial charge is 0.0835 e. The third kappa shape index (κ3) is 5.59. The zero-order chi connectivity index (χ0) is 7.11. The van der Waals surface area contributed by atoms with Gasteiger partial charge in [0.05, 0.1) is 29.3 Å². The molecule has 0 N–H and O–H groups in total. The van der Waals surface area contributed by atoms with Crippen molar-refractivity contribution < 1.29 is 9.47 Å². The minimum atomic E-state index is 0.668. The third-order valence-electron chi connectivity index (χ3n) is 0.823. The lowest BCUT2D eigenvalue weighted by Crippen LogP contribution is -1.92. The summed E-state index contributed by atoms with van der Waals surface area (Å²) in [6.45, 7) is 2.66. The Kier molecular flexibility index (Phi) is 5.66. The van der Waals surface area contributed by atoms with Crippen LogP contribution in [0.4, 0.5) is 0 Å². The van der Waals surface area contributed by atoms with Crippen molar-refractivity contribution in [3.63, 3.8) is 0 Å². The zero-order valence-electron chi connectivity index (χ0n) is 6.31. The van der Waals surface area contributed by atoms with Crippen LogP contribution in [0.1, 0.15) is 6.92 Å². The van der Waals surface area contributed by atoms with Crippen LogP contribution in [0.2, 0.25) is 0 Å². The van der Waals surface area contributed by atoms with Gasteiger partial charge in [0, 0.05) is 7.11 Å². The fraction of sp³-hybridized carbons (Fsp3) is 0.667. The highest BCUT2D eigenvalue weighted by atomic mass is 28.1. The van der Waals surface area contributed by atoms with Gasteiger partial charge in [-0.1, -0.05) is 0 Å². The standard InChI is InChI=1S/C6H14O2Si/c1-6(3-7-2)4-8-5-9/h4H,3,5H2,1-2,9H3. The number of ether oxygens (including phenoxy) is 2. The normalized spacial score (nSPS) is 12.0. The summed E-state index contributed by atoms with van der Waals surface area (Å²) >= 11 is 0. The van der Waals surface area contributed by atoms with Gasteiger partial charge in [-0.25, -0.2) is 0 Å². The van der Waals surface area contributed by atoms with Crippen molar-refractivity contribution in [3.05, 3.63) is 11.8 Å². The summed E-state index contributed by atoms with van der Waals surface area (Å²) in [5.74, 6) is 0. The minimum absolute atomic E-state index is 0.668. The lowest BCUT2D eigenvalue weighted by Gasteiger charge is -1.98. The molecule has 0 aromatic carbocycles. The minimum Gasteiger partial charge on any atom is -0.506 e. The van der Waals surface area contributed by atoms with Crippen LogP contribution >= 0.6 is 0 Å². The highest BCUT2D eigenvalue weighted by Gasteiger charge is 1.84. The van der Waals surface area contributed by atoms with E-state index in [9.17, 15) is 0 Å². The highest BCUT2D eigenvalue weighted by molar-refractivity contribution is 6.08. The van der Waals surface area contributed by atoms with Crippen molar-refractivity contribution in [2.75, 3.05) is 19.9 Å². The van der Waals surface area contributed by atoms with Gasteiger partial charge >= 0.3 is 0 Å². The van der Waals surface area contributed by atoms with Gasteiger partial charge in [-0.2, -0.15) is 0 Å². The SMILES string of the molecule is COCC(C)=COC[SiH3]. The second-order valence-electron chi connectivity index (χ2n) is 1.85. The molecule has 2 nitrogen and oxygen atoms in total. The van der Waals surface area contributed by atoms with Crippen LogP contribution in [-0.4, -0.2) is 30.2 Å². The molecule has 0 rings (SSSR count). The van der Waals surface area contributed by atoms with Crippen LogP contribution in [0.25, 0.3) is 0 Å². The average Bonchev–Trinajstić information content (AvgIpc) is 1.85. The fourth-order valence-electron chi connectivity index (χ4n) is 0.487. The lowest BCUT2D eigenvalue weighted by atomic mass is 10.4. The first-order valence-corrected chi connectivity index (χ1v) is 4.48. The predicted octanol–water partition coefficient (Wildman–Crippen LogP) is -0.124. The Bertz CT molecular complexity index is 91.1. The summed E-state index contributed by atoms with van der Waals surface area (Å²) in [6, 6.07) is 0. The topological polar surface area (TPSA) is 18.5 Å². The molecule has 0 aliphatic rings. The fourth-order valence-corrected chi connectivity index (χ4v) is 0.654. The van der Waals surface area contributed by atoms with Crippen molar-refractivity contribution in [1.82, 2.24) is 0 Å². The van der Waals surface area contributed by atoms with Gasteiger partial charge in [0.1, 0.15) is 0 Å². The summed E-state index contributed by atoms with van der Waals surface area (Å²) < 4.78 is 9.93. The number of methoxy groups -OCH3 is 1. The monoisotopic (exact) mass is 146 g/mol. The zero-order valence-corrected chi connectivity index (χ0v) is 8.31. The molecule has 0 saturated carbocycles. The molecule has 3 heteroatoms. The molecule has 0 unspecified atom stereocenters. The van der Waals surface area contributed by atoms with Crippen LogP contribution in [0.5, 0.6) is 0 Å². The first-order chi connectivity index (χ1) is 4.31. The molecule has 0 fully saturated rings. The summed E-state index contributed by atoms with van der Waals surface area (Å²) in [4.78, 5) is 0. The van der Waals surface area contributed by atoms with E-state index < -0.39 is 0 Å².